The van der Waals surface area contributed by atoms with Crippen molar-refractivity contribution < 1.29 is 4.57 Å². The van der Waals surface area contributed by atoms with E-state index in [0.29, 0.717) is 0 Å². The van der Waals surface area contributed by atoms with E-state index in [0.717, 1.165) is 16.4 Å². The number of benzene rings is 6. The molecular weight excluding hydrogens is 455 g/mol. The molecule has 0 aromatic heterocycles. The van der Waals surface area contributed by atoms with Gasteiger partial charge in [-0.2, -0.15) is 0 Å². The third-order valence-electron chi connectivity index (χ3n) is 6.95. The van der Waals surface area contributed by atoms with Crippen LogP contribution in [0.2, 0.25) is 0 Å². The predicted octanol–water partition coefficient (Wildman–Crippen LogP) is 9.24. The summed E-state index contributed by atoms with van der Waals surface area (Å²) in [5.41, 5.74) is 7.14. The minimum absolute atomic E-state index is 0.909. The fourth-order valence-electron chi connectivity index (χ4n) is 5.21. The van der Waals surface area contributed by atoms with Crippen LogP contribution in [0, 0.1) is 0 Å². The highest BCUT2D eigenvalue weighted by Gasteiger charge is 2.18. The van der Waals surface area contributed by atoms with Gasteiger partial charge < -0.3 is 4.57 Å². The molecule has 0 unspecified atom stereocenters. The molecule has 0 aliphatic carbocycles. The Morgan fingerprint density at radius 2 is 0.889 bits per heavy atom. The van der Waals surface area contributed by atoms with Gasteiger partial charge >= 0.3 is 0 Å². The second kappa shape index (κ2) is 8.94. The molecule has 0 bridgehead atoms. The topological polar surface area (TPSA) is 17.1 Å². The molecule has 0 spiro atoms. The molecule has 174 valence electrons. The average Bonchev–Trinajstić information content (AvgIpc) is 2.92. The first-order chi connectivity index (χ1) is 17.5. The molecule has 0 N–H and O–H groups in total. The van der Waals surface area contributed by atoms with Gasteiger partial charge in [0.15, 0.2) is 0 Å². The second-order valence-corrected chi connectivity index (χ2v) is 12.9. The first-order valence-corrected chi connectivity index (χ1v) is 14.9. The van der Waals surface area contributed by atoms with Gasteiger partial charge in [0.2, 0.25) is 0 Å². The Morgan fingerprint density at radius 3 is 1.47 bits per heavy atom. The molecule has 6 aromatic rings. The molecule has 0 atom stereocenters. The van der Waals surface area contributed by atoms with E-state index in [1.807, 2.05) is 25.5 Å². The molecule has 0 heterocycles. The van der Waals surface area contributed by atoms with Crippen molar-refractivity contribution in [2.75, 3.05) is 13.3 Å². The third-order valence-corrected chi connectivity index (χ3v) is 8.47. The molecule has 36 heavy (non-hydrogen) atoms. The lowest BCUT2D eigenvalue weighted by molar-refractivity contribution is 0.588. The summed E-state index contributed by atoms with van der Waals surface area (Å²) in [6.07, 6.45) is 0. The highest BCUT2D eigenvalue weighted by atomic mass is 31.2. The molecule has 6 rings (SSSR count). The van der Waals surface area contributed by atoms with Crippen LogP contribution in [-0.4, -0.2) is 13.3 Å². The van der Waals surface area contributed by atoms with Gasteiger partial charge in [-0.05, 0) is 80.4 Å². The van der Waals surface area contributed by atoms with Crippen LogP contribution >= 0.6 is 7.14 Å². The Morgan fingerprint density at radius 1 is 0.417 bits per heavy atom. The van der Waals surface area contributed by atoms with E-state index in [9.17, 15) is 4.57 Å². The Bertz CT molecular complexity index is 1760. The number of hydrogen-bond donors (Lipinski definition) is 0. The first kappa shape index (κ1) is 22.5. The van der Waals surface area contributed by atoms with Crippen LogP contribution in [-0.2, 0) is 4.57 Å². The molecular formula is C34H27OP. The quantitative estimate of drug-likeness (QED) is 0.181. The van der Waals surface area contributed by atoms with E-state index >= 15 is 0 Å². The summed E-state index contributed by atoms with van der Waals surface area (Å²) < 4.78 is 12.8. The normalized spacial score (nSPS) is 11.7. The smallest absolute Gasteiger partial charge is 0.109 e. The molecule has 2 heteroatoms. The Hall–Kier alpha value is -3.93. The molecule has 0 saturated carbocycles. The van der Waals surface area contributed by atoms with E-state index < -0.39 is 7.14 Å². The van der Waals surface area contributed by atoms with Crippen LogP contribution in [0.5, 0.6) is 0 Å². The van der Waals surface area contributed by atoms with Gasteiger partial charge in [0.05, 0.1) is 0 Å². The molecule has 0 radical (unpaired) electrons. The Labute approximate surface area is 212 Å². The summed E-state index contributed by atoms with van der Waals surface area (Å²) in [5, 5.41) is 5.86. The van der Waals surface area contributed by atoms with Crippen LogP contribution in [0.25, 0.3) is 54.9 Å². The summed E-state index contributed by atoms with van der Waals surface area (Å²) in [6.45, 7) is 3.66. The van der Waals surface area contributed by atoms with E-state index in [4.69, 9.17) is 0 Å². The average molecular weight is 483 g/mol. The van der Waals surface area contributed by atoms with E-state index in [1.54, 1.807) is 0 Å². The van der Waals surface area contributed by atoms with Gasteiger partial charge in [-0.15, -0.1) is 0 Å². The minimum Gasteiger partial charge on any atom is -0.319 e. The standard InChI is InChI=1S/C34H27OP/c1-36(2,35)28-17-11-16-26(22-28)27-20-21-31-32(23-27)34(25-14-7-4-8-15-25)30-19-10-9-18-29(30)33(31)24-12-5-3-6-13-24/h3-23H,1-2H3. The van der Waals surface area contributed by atoms with Crippen LogP contribution in [0.15, 0.2) is 127 Å². The van der Waals surface area contributed by atoms with Crippen LogP contribution < -0.4 is 5.30 Å². The Balaban J connectivity index is 1.74. The van der Waals surface area contributed by atoms with Gasteiger partial charge in [-0.3, -0.25) is 0 Å². The lowest BCUT2D eigenvalue weighted by Crippen LogP contribution is -2.02. The largest absolute Gasteiger partial charge is 0.319 e. The lowest BCUT2D eigenvalue weighted by Gasteiger charge is -2.19. The summed E-state index contributed by atoms with van der Waals surface area (Å²) in [4.78, 5) is 0. The molecule has 1 nitrogen and oxygen atoms in total. The van der Waals surface area contributed by atoms with Gasteiger partial charge in [0.25, 0.3) is 0 Å². The monoisotopic (exact) mass is 482 g/mol. The van der Waals surface area contributed by atoms with E-state index in [2.05, 4.69) is 115 Å². The second-order valence-electron chi connectivity index (χ2n) is 9.69. The van der Waals surface area contributed by atoms with Crippen LogP contribution in [0.4, 0.5) is 0 Å². The summed E-state index contributed by atoms with van der Waals surface area (Å²) in [5.74, 6) is 0. The molecule has 0 saturated heterocycles. The first-order valence-electron chi connectivity index (χ1n) is 12.3. The number of fused-ring (bicyclic) bond motifs is 2. The van der Waals surface area contributed by atoms with Gasteiger partial charge in [-0.1, -0.05) is 115 Å². The van der Waals surface area contributed by atoms with Crippen molar-refractivity contribution in [2.45, 2.75) is 0 Å². The van der Waals surface area contributed by atoms with E-state index in [1.165, 1.54) is 43.8 Å². The predicted molar refractivity (Wildman–Crippen MR) is 157 cm³/mol. The van der Waals surface area contributed by atoms with Gasteiger partial charge in [0.1, 0.15) is 7.14 Å². The van der Waals surface area contributed by atoms with Crippen molar-refractivity contribution in [3.63, 3.8) is 0 Å². The Kier molecular flexibility index (Phi) is 5.59. The van der Waals surface area contributed by atoms with E-state index in [-0.39, 0.29) is 0 Å². The zero-order chi connectivity index (χ0) is 24.7. The molecule has 0 aliphatic rings. The highest BCUT2D eigenvalue weighted by molar-refractivity contribution is 7.70. The fraction of sp³-hybridized carbons (Fsp3) is 0.0588. The van der Waals surface area contributed by atoms with Gasteiger partial charge in [-0.25, -0.2) is 0 Å². The highest BCUT2D eigenvalue weighted by Crippen LogP contribution is 2.45. The van der Waals surface area contributed by atoms with Crippen molar-refractivity contribution in [3.8, 4) is 33.4 Å². The van der Waals surface area contributed by atoms with Crippen molar-refractivity contribution in [1.82, 2.24) is 0 Å². The number of hydrogen-bond acceptors (Lipinski definition) is 1. The summed E-state index contributed by atoms with van der Waals surface area (Å²) in [6, 6.07) is 45.0. The zero-order valence-corrected chi connectivity index (χ0v) is 21.4. The summed E-state index contributed by atoms with van der Waals surface area (Å²) in [7, 11) is -2.35. The maximum absolute atomic E-state index is 12.8. The lowest BCUT2D eigenvalue weighted by atomic mass is 9.85. The third kappa shape index (κ3) is 3.96. The zero-order valence-electron chi connectivity index (χ0n) is 20.5. The van der Waals surface area contributed by atoms with Crippen molar-refractivity contribution in [1.29, 1.82) is 0 Å². The number of rotatable bonds is 4. The van der Waals surface area contributed by atoms with Crippen LogP contribution in [0.1, 0.15) is 0 Å². The van der Waals surface area contributed by atoms with Gasteiger partial charge in [0, 0.05) is 5.30 Å². The van der Waals surface area contributed by atoms with Crippen molar-refractivity contribution in [2.24, 2.45) is 0 Å². The molecule has 0 aliphatic heterocycles. The van der Waals surface area contributed by atoms with Crippen LogP contribution in [0.3, 0.4) is 0 Å². The van der Waals surface area contributed by atoms with Crippen molar-refractivity contribution in [3.05, 3.63) is 127 Å². The molecule has 0 fully saturated rings. The van der Waals surface area contributed by atoms with Crippen molar-refractivity contribution >= 4 is 34.0 Å². The fourth-order valence-corrected chi connectivity index (χ4v) is 6.11. The maximum Gasteiger partial charge on any atom is 0.109 e. The minimum atomic E-state index is -2.35. The SMILES string of the molecule is CP(C)(=O)c1cccc(-c2ccc3c(-c4ccccc4)c4ccccc4c(-c4ccccc4)c3c2)c1. The molecule has 0 amide bonds. The maximum atomic E-state index is 12.8. The molecule has 6 aromatic carbocycles. The summed E-state index contributed by atoms with van der Waals surface area (Å²) >= 11 is 0.